The number of aromatic nitrogens is 2. The zero-order valence-electron chi connectivity index (χ0n) is 7.94. The summed E-state index contributed by atoms with van der Waals surface area (Å²) in [4.78, 5) is 4.46. The Balaban J connectivity index is 2.66. The molecule has 0 bridgehead atoms. The summed E-state index contributed by atoms with van der Waals surface area (Å²) in [7, 11) is 0. The quantitative estimate of drug-likeness (QED) is 0.892. The molecule has 1 unspecified atom stereocenters. The molecule has 2 rings (SSSR count). The Kier molecular flexibility index (Phi) is 2.56. The van der Waals surface area contributed by atoms with E-state index in [9.17, 15) is 0 Å². The lowest BCUT2D eigenvalue weighted by Gasteiger charge is -2.06. The van der Waals surface area contributed by atoms with E-state index in [2.05, 4.69) is 32.2 Å². The number of hydrogen-bond donors (Lipinski definition) is 1. The van der Waals surface area contributed by atoms with Crippen LogP contribution >= 0.6 is 15.9 Å². The number of rotatable bonds is 2. The van der Waals surface area contributed by atoms with Gasteiger partial charge in [-0.2, -0.15) is 0 Å². The molecule has 0 radical (unpaired) electrons. The van der Waals surface area contributed by atoms with E-state index >= 15 is 0 Å². The Labute approximate surface area is 91.1 Å². The van der Waals surface area contributed by atoms with Crippen molar-refractivity contribution >= 4 is 21.4 Å². The first-order valence-corrected chi connectivity index (χ1v) is 5.36. The van der Waals surface area contributed by atoms with Crippen molar-refractivity contribution in [3.63, 3.8) is 0 Å². The van der Waals surface area contributed by atoms with Crippen LogP contribution in [0.5, 0.6) is 0 Å². The van der Waals surface area contributed by atoms with Crippen molar-refractivity contribution in [1.82, 2.24) is 9.38 Å². The van der Waals surface area contributed by atoms with Crippen molar-refractivity contribution in [2.45, 2.75) is 12.8 Å². The summed E-state index contributed by atoms with van der Waals surface area (Å²) >= 11 is 3.44. The molecule has 1 atom stereocenters. The number of halogens is 1. The third kappa shape index (κ3) is 1.44. The third-order valence-electron chi connectivity index (χ3n) is 2.33. The van der Waals surface area contributed by atoms with Gasteiger partial charge in [-0.25, -0.2) is 4.98 Å². The van der Waals surface area contributed by atoms with Crippen molar-refractivity contribution in [3.8, 4) is 0 Å². The number of hydrogen-bond acceptors (Lipinski definition) is 2. The maximum atomic E-state index is 5.64. The molecule has 0 spiro atoms. The van der Waals surface area contributed by atoms with E-state index in [4.69, 9.17) is 5.73 Å². The Bertz CT molecular complexity index is 450. The fourth-order valence-corrected chi connectivity index (χ4v) is 1.98. The second-order valence-corrected chi connectivity index (χ2v) is 4.10. The van der Waals surface area contributed by atoms with Gasteiger partial charge in [-0.15, -0.1) is 0 Å². The van der Waals surface area contributed by atoms with Crippen molar-refractivity contribution in [3.05, 3.63) is 34.8 Å². The highest BCUT2D eigenvalue weighted by Crippen LogP contribution is 2.22. The maximum Gasteiger partial charge on any atom is 0.132 e. The second-order valence-electron chi connectivity index (χ2n) is 3.35. The highest BCUT2D eigenvalue weighted by atomic mass is 79.9. The van der Waals surface area contributed by atoms with Gasteiger partial charge in [-0.05, 0) is 28.1 Å². The maximum absolute atomic E-state index is 5.64. The summed E-state index contributed by atoms with van der Waals surface area (Å²) in [6.07, 6.45) is 2.01. The zero-order valence-corrected chi connectivity index (χ0v) is 9.53. The Hall–Kier alpha value is -0.870. The highest BCUT2D eigenvalue weighted by molar-refractivity contribution is 9.10. The molecule has 3 nitrogen and oxygen atoms in total. The van der Waals surface area contributed by atoms with Crippen LogP contribution < -0.4 is 5.73 Å². The molecule has 2 aromatic heterocycles. The first-order valence-electron chi connectivity index (χ1n) is 4.56. The second kappa shape index (κ2) is 3.71. The Morgan fingerprint density at radius 1 is 1.57 bits per heavy atom. The average molecular weight is 254 g/mol. The van der Waals surface area contributed by atoms with Gasteiger partial charge in [0.15, 0.2) is 0 Å². The minimum Gasteiger partial charge on any atom is -0.330 e. The van der Waals surface area contributed by atoms with Gasteiger partial charge in [0.05, 0.1) is 5.52 Å². The van der Waals surface area contributed by atoms with E-state index < -0.39 is 0 Å². The van der Waals surface area contributed by atoms with Gasteiger partial charge in [0, 0.05) is 18.7 Å². The van der Waals surface area contributed by atoms with E-state index in [1.165, 1.54) is 0 Å². The number of nitrogens with two attached hydrogens (primary N) is 1. The fourth-order valence-electron chi connectivity index (χ4n) is 1.48. The monoisotopic (exact) mass is 253 g/mol. The predicted octanol–water partition coefficient (Wildman–Crippen LogP) is 2.16. The molecule has 2 N–H and O–H groups in total. The molecule has 0 aliphatic carbocycles. The van der Waals surface area contributed by atoms with Crippen LogP contribution in [0.4, 0.5) is 0 Å². The minimum absolute atomic E-state index is 0.274. The standard InChI is InChI=1S/C10H12BrN3/c1-7(6-12)10-13-9(11)8-4-2-3-5-14(8)10/h2-5,7H,6,12H2,1H3. The van der Waals surface area contributed by atoms with Gasteiger partial charge in [0.25, 0.3) is 0 Å². The van der Waals surface area contributed by atoms with Crippen LogP contribution in [0.1, 0.15) is 18.7 Å². The summed E-state index contributed by atoms with van der Waals surface area (Å²) in [5.41, 5.74) is 6.72. The molecule has 0 aliphatic rings. The van der Waals surface area contributed by atoms with E-state index in [1.54, 1.807) is 0 Å². The van der Waals surface area contributed by atoms with Crippen LogP contribution in [0.25, 0.3) is 5.52 Å². The lowest BCUT2D eigenvalue weighted by molar-refractivity contribution is 0.707. The molecule has 0 amide bonds. The van der Waals surface area contributed by atoms with E-state index in [1.807, 2.05) is 24.4 Å². The fraction of sp³-hybridized carbons (Fsp3) is 0.300. The first kappa shape index (κ1) is 9.68. The van der Waals surface area contributed by atoms with Crippen LogP contribution in [0, 0.1) is 0 Å². The van der Waals surface area contributed by atoms with Crippen molar-refractivity contribution in [2.75, 3.05) is 6.54 Å². The predicted molar refractivity (Wildman–Crippen MR) is 60.4 cm³/mol. The SMILES string of the molecule is CC(CN)c1nc(Br)c2ccccn12. The molecule has 0 fully saturated rings. The lowest BCUT2D eigenvalue weighted by atomic mass is 10.2. The number of pyridine rings is 1. The third-order valence-corrected chi connectivity index (χ3v) is 2.91. The van der Waals surface area contributed by atoms with Gasteiger partial charge in [-0.3, -0.25) is 0 Å². The molecule has 74 valence electrons. The Morgan fingerprint density at radius 2 is 2.36 bits per heavy atom. The van der Waals surface area contributed by atoms with Crippen LogP contribution in [-0.2, 0) is 0 Å². The molecule has 0 aliphatic heterocycles. The topological polar surface area (TPSA) is 43.3 Å². The van der Waals surface area contributed by atoms with E-state index in [0.29, 0.717) is 6.54 Å². The molecule has 0 saturated heterocycles. The van der Waals surface area contributed by atoms with Gasteiger partial charge in [-0.1, -0.05) is 13.0 Å². The summed E-state index contributed by atoms with van der Waals surface area (Å²) in [5, 5.41) is 0. The Morgan fingerprint density at radius 3 is 3.07 bits per heavy atom. The van der Waals surface area contributed by atoms with Crippen LogP contribution in [0.15, 0.2) is 29.0 Å². The van der Waals surface area contributed by atoms with E-state index in [-0.39, 0.29) is 5.92 Å². The summed E-state index contributed by atoms with van der Waals surface area (Å²) < 4.78 is 2.95. The normalized spacial score (nSPS) is 13.4. The molecule has 4 heteroatoms. The van der Waals surface area contributed by atoms with Crippen molar-refractivity contribution in [2.24, 2.45) is 5.73 Å². The number of fused-ring (bicyclic) bond motifs is 1. The molecule has 2 aromatic rings. The molecule has 2 heterocycles. The molecule has 0 aromatic carbocycles. The average Bonchev–Trinajstić information content (AvgIpc) is 2.56. The van der Waals surface area contributed by atoms with Gasteiger partial charge in [0.1, 0.15) is 10.4 Å². The summed E-state index contributed by atoms with van der Waals surface area (Å²) in [6.45, 7) is 2.69. The van der Waals surface area contributed by atoms with Crippen LogP contribution in [-0.4, -0.2) is 15.9 Å². The van der Waals surface area contributed by atoms with Gasteiger partial charge < -0.3 is 10.1 Å². The van der Waals surface area contributed by atoms with Crippen LogP contribution in [0.3, 0.4) is 0 Å². The first-order chi connectivity index (χ1) is 6.74. The lowest BCUT2D eigenvalue weighted by Crippen LogP contribution is -2.11. The smallest absolute Gasteiger partial charge is 0.132 e. The van der Waals surface area contributed by atoms with Gasteiger partial charge in [0.2, 0.25) is 0 Å². The number of imidazole rings is 1. The summed E-state index contributed by atoms with van der Waals surface area (Å²) in [6, 6.07) is 6.02. The van der Waals surface area contributed by atoms with Crippen molar-refractivity contribution < 1.29 is 0 Å². The van der Waals surface area contributed by atoms with Gasteiger partial charge >= 0.3 is 0 Å². The minimum atomic E-state index is 0.274. The van der Waals surface area contributed by atoms with Crippen LogP contribution in [0.2, 0.25) is 0 Å². The zero-order chi connectivity index (χ0) is 10.1. The highest BCUT2D eigenvalue weighted by Gasteiger charge is 2.12. The van der Waals surface area contributed by atoms with Crippen molar-refractivity contribution in [1.29, 1.82) is 0 Å². The molecule has 14 heavy (non-hydrogen) atoms. The number of nitrogens with zero attached hydrogens (tertiary/aromatic N) is 2. The van der Waals surface area contributed by atoms with E-state index in [0.717, 1.165) is 15.9 Å². The molecular formula is C10H12BrN3. The largest absolute Gasteiger partial charge is 0.330 e. The summed E-state index contributed by atoms with van der Waals surface area (Å²) in [5.74, 6) is 1.28. The molecule has 0 saturated carbocycles. The molecular weight excluding hydrogens is 242 g/mol.